The lowest BCUT2D eigenvalue weighted by molar-refractivity contribution is -0.0690. The van der Waals surface area contributed by atoms with Crippen molar-refractivity contribution in [3.63, 3.8) is 0 Å². The third-order valence-electron chi connectivity index (χ3n) is 4.93. The van der Waals surface area contributed by atoms with Crippen LogP contribution in [0.2, 0.25) is 0 Å². The number of imidazole rings is 1. The highest BCUT2D eigenvalue weighted by molar-refractivity contribution is 7.89. The summed E-state index contributed by atoms with van der Waals surface area (Å²) in [6, 6.07) is 13.9. The van der Waals surface area contributed by atoms with Gasteiger partial charge in [0.2, 0.25) is 10.0 Å². The Hall–Kier alpha value is -2.46. The van der Waals surface area contributed by atoms with Gasteiger partial charge in [-0.05, 0) is 36.2 Å². The summed E-state index contributed by atoms with van der Waals surface area (Å²) < 4.78 is 28.6. The molecule has 162 valence electrons. The summed E-state index contributed by atoms with van der Waals surface area (Å²) in [6.07, 6.45) is 0.236. The zero-order chi connectivity index (χ0) is 21.9. The van der Waals surface area contributed by atoms with Gasteiger partial charge in [-0.1, -0.05) is 44.2 Å². The van der Waals surface area contributed by atoms with Gasteiger partial charge < -0.3 is 21.6 Å². The number of nitrogens with two attached hydrogens (primary N) is 2. The van der Waals surface area contributed by atoms with E-state index in [2.05, 4.69) is 9.97 Å². The predicted molar refractivity (Wildman–Crippen MR) is 118 cm³/mol. The molecule has 0 saturated carbocycles. The van der Waals surface area contributed by atoms with Crippen LogP contribution >= 0.6 is 0 Å². The highest BCUT2D eigenvalue weighted by Crippen LogP contribution is 2.31. The summed E-state index contributed by atoms with van der Waals surface area (Å²) >= 11 is 0. The number of hydrogen-bond donors (Lipinski definition) is 4. The summed E-state index contributed by atoms with van der Waals surface area (Å²) in [5.41, 5.74) is 11.7. The molecule has 0 aliphatic heterocycles. The number of nitrogen functional groups attached to an aromatic ring is 1. The molecule has 0 bridgehead atoms. The molecule has 3 rings (SSSR count). The van der Waals surface area contributed by atoms with Crippen LogP contribution < -0.4 is 11.5 Å². The second-order valence-corrected chi connectivity index (χ2v) is 9.78. The zero-order valence-corrected chi connectivity index (χ0v) is 18.1. The molecule has 6 N–H and O–H groups in total. The number of fused-ring (bicyclic) bond motifs is 1. The number of aliphatic hydroxyl groups is 1. The van der Waals surface area contributed by atoms with Crippen LogP contribution in [0.1, 0.15) is 25.8 Å². The van der Waals surface area contributed by atoms with Crippen LogP contribution in [0.3, 0.4) is 0 Å². The lowest BCUT2D eigenvalue weighted by atomic mass is 9.98. The predicted octanol–water partition coefficient (Wildman–Crippen LogP) is 2.07. The maximum absolute atomic E-state index is 13.7. The van der Waals surface area contributed by atoms with Crippen molar-refractivity contribution in [1.82, 2.24) is 14.3 Å². The fourth-order valence-corrected chi connectivity index (χ4v) is 5.42. The zero-order valence-electron chi connectivity index (χ0n) is 17.2. The Morgan fingerprint density at radius 3 is 2.53 bits per heavy atom. The number of aromatic nitrogens is 2. The van der Waals surface area contributed by atoms with Crippen LogP contribution in [0, 0.1) is 5.92 Å². The maximum atomic E-state index is 13.7. The van der Waals surface area contributed by atoms with Gasteiger partial charge in [-0.3, -0.25) is 0 Å². The largest absolute Gasteiger partial charge is 0.374 e. The Balaban J connectivity index is 2.08. The summed E-state index contributed by atoms with van der Waals surface area (Å²) in [4.78, 5) is 7.05. The normalized spacial score (nSPS) is 14.5. The van der Waals surface area contributed by atoms with Crippen molar-refractivity contribution in [3.05, 3.63) is 54.1 Å². The number of anilines is 1. The maximum Gasteiger partial charge on any atom is 0.245 e. The van der Waals surface area contributed by atoms with Crippen molar-refractivity contribution >= 4 is 27.0 Å². The first-order valence-corrected chi connectivity index (χ1v) is 11.3. The first-order valence-electron chi connectivity index (χ1n) is 9.90. The molecule has 1 atom stereocenters. The summed E-state index contributed by atoms with van der Waals surface area (Å²) in [5, 5.41) is 11.6. The van der Waals surface area contributed by atoms with Gasteiger partial charge in [-0.25, -0.2) is 13.4 Å². The molecular formula is C21H29N5O3S. The molecule has 0 radical (unpaired) electrons. The lowest BCUT2D eigenvalue weighted by Crippen LogP contribution is -2.55. The van der Waals surface area contributed by atoms with E-state index in [1.54, 1.807) is 6.07 Å². The Kier molecular flexibility index (Phi) is 6.47. The molecule has 9 heteroatoms. The molecule has 2 aromatic carbocycles. The average Bonchev–Trinajstić information content (AvgIpc) is 3.06. The number of sulfonamides is 1. The van der Waals surface area contributed by atoms with E-state index < -0.39 is 15.7 Å². The van der Waals surface area contributed by atoms with Crippen molar-refractivity contribution in [1.29, 1.82) is 0 Å². The molecule has 0 aliphatic rings. The van der Waals surface area contributed by atoms with Crippen molar-refractivity contribution in [2.75, 3.05) is 18.8 Å². The van der Waals surface area contributed by atoms with Gasteiger partial charge in [0, 0.05) is 19.4 Å². The minimum atomic E-state index is -4.05. The van der Waals surface area contributed by atoms with E-state index >= 15 is 0 Å². The second kappa shape index (κ2) is 8.73. The fourth-order valence-electron chi connectivity index (χ4n) is 3.57. The van der Waals surface area contributed by atoms with Gasteiger partial charge >= 0.3 is 0 Å². The van der Waals surface area contributed by atoms with Gasteiger partial charge in [0.15, 0.2) is 5.95 Å². The number of benzene rings is 2. The molecule has 1 aromatic heterocycles. The summed E-state index contributed by atoms with van der Waals surface area (Å²) in [7, 11) is -4.05. The van der Waals surface area contributed by atoms with E-state index in [4.69, 9.17) is 11.5 Å². The number of hydrogen-bond acceptors (Lipinski definition) is 6. The number of H-pyrrole nitrogens is 1. The van der Waals surface area contributed by atoms with Gasteiger partial charge in [0.1, 0.15) is 5.72 Å². The molecule has 3 aromatic rings. The van der Waals surface area contributed by atoms with E-state index in [9.17, 15) is 13.5 Å². The van der Waals surface area contributed by atoms with Crippen molar-refractivity contribution < 1.29 is 13.5 Å². The molecule has 0 saturated heterocycles. The second-order valence-electron chi connectivity index (χ2n) is 7.91. The minimum absolute atomic E-state index is 0.00962. The molecule has 1 heterocycles. The van der Waals surface area contributed by atoms with Crippen LogP contribution in [-0.4, -0.2) is 46.6 Å². The number of rotatable bonds is 9. The summed E-state index contributed by atoms with van der Waals surface area (Å²) in [6.45, 7) is 4.10. The molecule has 30 heavy (non-hydrogen) atoms. The van der Waals surface area contributed by atoms with Gasteiger partial charge in [0.25, 0.3) is 0 Å². The van der Waals surface area contributed by atoms with E-state index in [1.807, 2.05) is 44.2 Å². The molecule has 0 fully saturated rings. The molecule has 1 unspecified atom stereocenters. The average molecular weight is 432 g/mol. The highest BCUT2D eigenvalue weighted by atomic mass is 32.2. The van der Waals surface area contributed by atoms with Gasteiger partial charge in [0.05, 0.1) is 15.9 Å². The third-order valence-corrected chi connectivity index (χ3v) is 6.85. The Morgan fingerprint density at radius 2 is 1.90 bits per heavy atom. The van der Waals surface area contributed by atoms with Crippen molar-refractivity contribution in [3.8, 4) is 0 Å². The molecule has 0 amide bonds. The van der Waals surface area contributed by atoms with Crippen LogP contribution in [0.5, 0.6) is 0 Å². The number of nitrogens with one attached hydrogen (secondary N) is 1. The lowest BCUT2D eigenvalue weighted by Gasteiger charge is -2.40. The van der Waals surface area contributed by atoms with Crippen molar-refractivity contribution in [2.24, 2.45) is 11.7 Å². The van der Waals surface area contributed by atoms with Crippen molar-refractivity contribution in [2.45, 2.75) is 37.3 Å². The van der Waals surface area contributed by atoms with E-state index in [1.165, 1.54) is 16.4 Å². The molecule has 0 aliphatic carbocycles. The molecule has 8 nitrogen and oxygen atoms in total. The minimum Gasteiger partial charge on any atom is -0.374 e. The fraction of sp³-hybridized carbons (Fsp3) is 0.381. The first kappa shape index (κ1) is 22.2. The standard InChI is InChI=1S/C21H29N5O3S/c1-15(2)14-26(21(27,10-11-22)13-16-6-4-3-5-7-16)30(28,29)17-8-9-18-19(12-17)25-20(23)24-18/h3-9,12,15,27H,10-11,13-14,22H2,1-2H3,(H3,23,24,25). The Bertz CT molecular complexity index is 1100. The van der Waals surface area contributed by atoms with Crippen LogP contribution in [0.25, 0.3) is 11.0 Å². The Morgan fingerprint density at radius 1 is 1.20 bits per heavy atom. The first-order chi connectivity index (χ1) is 14.2. The van der Waals surface area contributed by atoms with Gasteiger partial charge in [-0.15, -0.1) is 0 Å². The third kappa shape index (κ3) is 4.65. The number of nitrogens with zero attached hydrogens (tertiary/aromatic N) is 2. The van der Waals surface area contributed by atoms with E-state index in [0.29, 0.717) is 11.0 Å². The van der Waals surface area contributed by atoms with Crippen LogP contribution in [-0.2, 0) is 16.4 Å². The monoisotopic (exact) mass is 431 g/mol. The number of aromatic amines is 1. The van der Waals surface area contributed by atoms with Crippen LogP contribution in [0.4, 0.5) is 5.95 Å². The highest BCUT2D eigenvalue weighted by Gasteiger charge is 2.42. The quantitative estimate of drug-likeness (QED) is 0.383. The summed E-state index contributed by atoms with van der Waals surface area (Å²) in [5.74, 6) is 0.201. The molecular weight excluding hydrogens is 402 g/mol. The SMILES string of the molecule is CC(C)CN(C(O)(CCN)Cc1ccccc1)S(=O)(=O)c1ccc2[nH]c(N)nc2c1. The van der Waals surface area contributed by atoms with Crippen LogP contribution in [0.15, 0.2) is 53.4 Å². The topological polar surface area (TPSA) is 138 Å². The van der Waals surface area contributed by atoms with E-state index in [-0.39, 0.29) is 42.7 Å². The van der Waals surface area contributed by atoms with E-state index in [0.717, 1.165) is 5.56 Å². The smallest absolute Gasteiger partial charge is 0.245 e. The van der Waals surface area contributed by atoms with Gasteiger partial charge in [-0.2, -0.15) is 4.31 Å². The Labute approximate surface area is 177 Å². The molecule has 0 spiro atoms.